The van der Waals surface area contributed by atoms with Crippen molar-refractivity contribution in [2.45, 2.75) is 13.8 Å². The zero-order valence-corrected chi connectivity index (χ0v) is 20.0. The number of hydrogen-bond donors (Lipinski definition) is 2. The Morgan fingerprint density at radius 2 is 1.59 bits per heavy atom. The molecule has 3 aromatic carbocycles. The Labute approximate surface area is 199 Å². The fourth-order valence-corrected chi connectivity index (χ4v) is 4.02. The van der Waals surface area contributed by atoms with Crippen LogP contribution in [0.2, 0.25) is 0 Å². The number of aryl methyl sites for hydroxylation is 1. The number of benzene rings is 3. The highest BCUT2D eigenvalue weighted by atomic mass is 32.2. The number of nitrogens with one attached hydrogen (secondary N) is 2. The Kier molecular flexibility index (Phi) is 7.80. The first kappa shape index (κ1) is 24.7. The van der Waals surface area contributed by atoms with Crippen molar-refractivity contribution in [2.75, 3.05) is 22.4 Å². The molecule has 0 fully saturated rings. The molecular weight excluding hydrogens is 452 g/mol. The van der Waals surface area contributed by atoms with Crippen LogP contribution in [0, 0.1) is 6.92 Å². The van der Waals surface area contributed by atoms with Gasteiger partial charge >= 0.3 is 0 Å². The third-order valence-corrected chi connectivity index (χ3v) is 6.04. The predicted molar refractivity (Wildman–Crippen MR) is 135 cm³/mol. The molecule has 2 amide bonds. The molecule has 0 unspecified atom stereocenters. The van der Waals surface area contributed by atoms with E-state index in [1.165, 1.54) is 0 Å². The molecule has 3 rings (SSSR count). The molecule has 34 heavy (non-hydrogen) atoms. The number of sulfonamides is 1. The highest BCUT2D eigenvalue weighted by Gasteiger charge is 2.21. The largest absolute Gasteiger partial charge is 0.322 e. The molecule has 0 aliphatic carbocycles. The minimum atomic E-state index is -3.68. The van der Waals surface area contributed by atoms with Crippen molar-refractivity contribution < 1.29 is 18.0 Å². The van der Waals surface area contributed by atoms with Crippen molar-refractivity contribution in [1.29, 1.82) is 0 Å². The van der Waals surface area contributed by atoms with Crippen molar-refractivity contribution >= 4 is 38.9 Å². The summed E-state index contributed by atoms with van der Waals surface area (Å²) >= 11 is 0. The Morgan fingerprint density at radius 3 is 2.26 bits per heavy atom. The minimum absolute atomic E-state index is 0.238. The lowest BCUT2D eigenvalue weighted by Gasteiger charge is -2.21. The normalized spacial score (nSPS) is 11.6. The highest BCUT2D eigenvalue weighted by Crippen LogP contribution is 2.18. The zero-order valence-electron chi connectivity index (χ0n) is 19.1. The van der Waals surface area contributed by atoms with Gasteiger partial charge in [0.05, 0.1) is 17.7 Å². The standard InChI is InChI=1S/C25H26N4O4S/c1-18-9-7-14-23(15-18)29(34(3,32)33)17-24(30)28-27-19(2)21-12-8-13-22(16-21)26-25(31)20-10-5-4-6-11-20/h4-16H,17H2,1-3H3,(H,26,31)(H,28,30)/b27-19-. The van der Waals surface area contributed by atoms with Gasteiger partial charge in [-0.2, -0.15) is 5.10 Å². The summed E-state index contributed by atoms with van der Waals surface area (Å²) in [5.41, 5.74) is 5.98. The van der Waals surface area contributed by atoms with Crippen molar-refractivity contribution in [3.8, 4) is 0 Å². The van der Waals surface area contributed by atoms with E-state index in [2.05, 4.69) is 15.8 Å². The summed E-state index contributed by atoms with van der Waals surface area (Å²) in [5.74, 6) is -0.822. The van der Waals surface area contributed by atoms with E-state index >= 15 is 0 Å². The van der Waals surface area contributed by atoms with Gasteiger partial charge in [0.1, 0.15) is 6.54 Å². The van der Waals surface area contributed by atoms with Gasteiger partial charge in [0.15, 0.2) is 0 Å². The summed E-state index contributed by atoms with van der Waals surface area (Å²) in [5, 5.41) is 6.93. The van der Waals surface area contributed by atoms with E-state index in [0.717, 1.165) is 16.1 Å². The molecule has 0 aliphatic rings. The molecule has 0 saturated carbocycles. The van der Waals surface area contributed by atoms with E-state index in [4.69, 9.17) is 0 Å². The molecular formula is C25H26N4O4S. The van der Waals surface area contributed by atoms with Gasteiger partial charge in [-0.1, -0.05) is 42.5 Å². The number of nitrogens with zero attached hydrogens (tertiary/aromatic N) is 2. The second kappa shape index (κ2) is 10.8. The van der Waals surface area contributed by atoms with Crippen molar-refractivity contribution in [3.63, 3.8) is 0 Å². The Balaban J connectivity index is 1.68. The van der Waals surface area contributed by atoms with E-state index in [1.807, 2.05) is 19.1 Å². The summed E-state index contributed by atoms with van der Waals surface area (Å²) in [6.07, 6.45) is 1.05. The second-order valence-corrected chi connectivity index (χ2v) is 9.65. The van der Waals surface area contributed by atoms with Crippen LogP contribution in [0.15, 0.2) is 84.0 Å². The fourth-order valence-electron chi connectivity index (χ4n) is 3.17. The Morgan fingerprint density at radius 1 is 0.912 bits per heavy atom. The van der Waals surface area contributed by atoms with Crippen LogP contribution >= 0.6 is 0 Å². The molecule has 0 aromatic heterocycles. The smallest absolute Gasteiger partial charge is 0.260 e. The number of rotatable bonds is 8. The lowest BCUT2D eigenvalue weighted by molar-refractivity contribution is -0.119. The van der Waals surface area contributed by atoms with E-state index in [9.17, 15) is 18.0 Å². The van der Waals surface area contributed by atoms with Gasteiger partial charge in [0.25, 0.3) is 11.8 Å². The van der Waals surface area contributed by atoms with Crippen LogP contribution in [0.25, 0.3) is 0 Å². The topological polar surface area (TPSA) is 108 Å². The maximum Gasteiger partial charge on any atom is 0.260 e. The molecule has 0 heterocycles. The Hall–Kier alpha value is -3.98. The second-order valence-electron chi connectivity index (χ2n) is 7.74. The average molecular weight is 479 g/mol. The SMILES string of the molecule is C/C(=N/NC(=O)CN(c1cccc(C)c1)S(C)(=O)=O)c1cccc(NC(=O)c2ccccc2)c1. The van der Waals surface area contributed by atoms with Crippen LogP contribution in [0.4, 0.5) is 11.4 Å². The first-order valence-electron chi connectivity index (χ1n) is 10.5. The first-order chi connectivity index (χ1) is 16.1. The molecule has 0 radical (unpaired) electrons. The van der Waals surface area contributed by atoms with Crippen molar-refractivity contribution in [2.24, 2.45) is 5.10 Å². The predicted octanol–water partition coefficient (Wildman–Crippen LogP) is 3.55. The van der Waals surface area contributed by atoms with Crippen molar-refractivity contribution in [1.82, 2.24) is 5.43 Å². The number of carbonyl (C=O) groups excluding carboxylic acids is 2. The van der Waals surface area contributed by atoms with Crippen LogP contribution in [0.1, 0.15) is 28.4 Å². The maximum atomic E-state index is 12.5. The summed E-state index contributed by atoms with van der Waals surface area (Å²) in [6.45, 7) is 3.13. The highest BCUT2D eigenvalue weighted by molar-refractivity contribution is 7.92. The van der Waals surface area contributed by atoms with E-state index in [-0.39, 0.29) is 5.91 Å². The summed E-state index contributed by atoms with van der Waals surface area (Å²) in [7, 11) is -3.68. The van der Waals surface area contributed by atoms with Crippen LogP contribution in [0.3, 0.4) is 0 Å². The first-order valence-corrected chi connectivity index (χ1v) is 12.3. The zero-order chi connectivity index (χ0) is 24.7. The third-order valence-electron chi connectivity index (χ3n) is 4.90. The van der Waals surface area contributed by atoms with E-state index in [0.29, 0.717) is 28.2 Å². The van der Waals surface area contributed by atoms with Crippen LogP contribution in [-0.4, -0.2) is 38.7 Å². The summed E-state index contributed by atoms with van der Waals surface area (Å²) in [4.78, 5) is 24.9. The summed E-state index contributed by atoms with van der Waals surface area (Å²) < 4.78 is 25.5. The van der Waals surface area contributed by atoms with Gasteiger partial charge in [-0.15, -0.1) is 0 Å². The van der Waals surface area contributed by atoms with Crippen LogP contribution in [0.5, 0.6) is 0 Å². The molecule has 3 aromatic rings. The number of hydrogen-bond acceptors (Lipinski definition) is 5. The average Bonchev–Trinajstić information content (AvgIpc) is 2.81. The number of anilines is 2. The lowest BCUT2D eigenvalue weighted by atomic mass is 10.1. The number of carbonyl (C=O) groups is 2. The molecule has 176 valence electrons. The molecule has 8 nitrogen and oxygen atoms in total. The maximum absolute atomic E-state index is 12.5. The van der Waals surface area contributed by atoms with Gasteiger partial charge in [0.2, 0.25) is 10.0 Å². The minimum Gasteiger partial charge on any atom is -0.322 e. The molecule has 0 aliphatic heterocycles. The molecule has 2 N–H and O–H groups in total. The van der Waals surface area contributed by atoms with Gasteiger partial charge in [0, 0.05) is 11.3 Å². The van der Waals surface area contributed by atoms with Gasteiger partial charge in [-0.25, -0.2) is 13.8 Å². The van der Waals surface area contributed by atoms with E-state index < -0.39 is 22.5 Å². The third kappa shape index (κ3) is 6.76. The van der Waals surface area contributed by atoms with Crippen LogP contribution < -0.4 is 15.0 Å². The molecule has 0 spiro atoms. The van der Waals surface area contributed by atoms with Gasteiger partial charge in [-0.05, 0) is 61.4 Å². The molecule has 0 atom stereocenters. The lowest BCUT2D eigenvalue weighted by Crippen LogP contribution is -2.39. The number of amides is 2. The molecule has 0 bridgehead atoms. The molecule has 0 saturated heterocycles. The number of hydrazone groups is 1. The van der Waals surface area contributed by atoms with Gasteiger partial charge in [-0.3, -0.25) is 13.9 Å². The quantitative estimate of drug-likeness (QED) is 0.381. The van der Waals surface area contributed by atoms with Crippen molar-refractivity contribution in [3.05, 3.63) is 95.6 Å². The fraction of sp³-hybridized carbons (Fsp3) is 0.160. The van der Waals surface area contributed by atoms with E-state index in [1.54, 1.807) is 73.7 Å². The Bertz CT molecular complexity index is 1320. The van der Waals surface area contributed by atoms with Gasteiger partial charge < -0.3 is 5.32 Å². The molecule has 9 heteroatoms. The van der Waals surface area contributed by atoms with Crippen LogP contribution in [-0.2, 0) is 14.8 Å². The monoisotopic (exact) mass is 478 g/mol. The summed E-state index contributed by atoms with van der Waals surface area (Å²) in [6, 6.07) is 22.8.